The van der Waals surface area contributed by atoms with E-state index in [9.17, 15) is 14.0 Å². The molecule has 26 heavy (non-hydrogen) atoms. The van der Waals surface area contributed by atoms with Crippen LogP contribution in [0.25, 0.3) is 0 Å². The number of rotatable bonds is 4. The molecule has 134 valence electrons. The summed E-state index contributed by atoms with van der Waals surface area (Å²) in [6.45, 7) is 3.68. The van der Waals surface area contributed by atoms with E-state index < -0.39 is 10.7 Å². The minimum atomic E-state index is -0.850. The van der Waals surface area contributed by atoms with Gasteiger partial charge in [-0.3, -0.25) is 14.6 Å². The van der Waals surface area contributed by atoms with Crippen LogP contribution in [0, 0.1) is 5.82 Å². The van der Waals surface area contributed by atoms with Crippen LogP contribution in [0.5, 0.6) is 0 Å². The van der Waals surface area contributed by atoms with E-state index in [1.165, 1.54) is 23.9 Å². The molecule has 0 radical (unpaired) electrons. The van der Waals surface area contributed by atoms with Gasteiger partial charge in [-0.2, -0.15) is 0 Å². The Kier molecular flexibility index (Phi) is 4.82. The van der Waals surface area contributed by atoms with Crippen LogP contribution in [0.15, 0.2) is 53.5 Å². The van der Waals surface area contributed by atoms with Crippen molar-refractivity contribution >= 4 is 28.7 Å². The van der Waals surface area contributed by atoms with Crippen molar-refractivity contribution in [3.8, 4) is 0 Å². The first kappa shape index (κ1) is 18.1. The fourth-order valence-electron chi connectivity index (χ4n) is 2.67. The number of benzene rings is 2. The van der Waals surface area contributed by atoms with Crippen LogP contribution in [0.2, 0.25) is 0 Å². The summed E-state index contributed by atoms with van der Waals surface area (Å²) in [7, 11) is 0. The number of carbonyl (C=O) groups is 2. The maximum atomic E-state index is 13.0. The van der Waals surface area contributed by atoms with E-state index >= 15 is 0 Å². The molecule has 1 aliphatic heterocycles. The van der Waals surface area contributed by atoms with Gasteiger partial charge in [0.2, 0.25) is 11.8 Å². The third-order valence-electron chi connectivity index (χ3n) is 4.34. The number of primary amides is 1. The van der Waals surface area contributed by atoms with E-state index in [0.717, 1.165) is 11.1 Å². The van der Waals surface area contributed by atoms with Crippen molar-refractivity contribution in [2.45, 2.75) is 24.6 Å². The van der Waals surface area contributed by atoms with E-state index in [1.54, 1.807) is 43.3 Å². The van der Waals surface area contributed by atoms with Crippen LogP contribution < -0.4 is 11.1 Å². The summed E-state index contributed by atoms with van der Waals surface area (Å²) < 4.78 is 12.2. The average Bonchev–Trinajstić information content (AvgIpc) is 2.90. The first-order valence-electron chi connectivity index (χ1n) is 8.03. The van der Waals surface area contributed by atoms with Gasteiger partial charge >= 0.3 is 0 Å². The second-order valence-electron chi connectivity index (χ2n) is 6.19. The van der Waals surface area contributed by atoms with Crippen LogP contribution in [-0.2, 0) is 9.54 Å². The molecule has 0 unspecified atom stereocenters. The second-order valence-corrected chi connectivity index (χ2v) is 7.60. The van der Waals surface area contributed by atoms with Crippen LogP contribution in [0.3, 0.4) is 0 Å². The average molecular weight is 371 g/mol. The zero-order chi connectivity index (χ0) is 18.9. The van der Waals surface area contributed by atoms with Gasteiger partial charge in [-0.25, -0.2) is 4.39 Å². The highest BCUT2D eigenvalue weighted by Gasteiger charge is 2.44. The molecule has 2 aromatic carbocycles. The molecule has 1 fully saturated rings. The molecule has 2 amide bonds. The number of amides is 2. The van der Waals surface area contributed by atoms with Crippen LogP contribution in [-0.4, -0.2) is 17.0 Å². The number of halogens is 1. The highest BCUT2D eigenvalue weighted by molar-refractivity contribution is 8.15. The molecule has 0 aromatic heterocycles. The Morgan fingerprint density at radius 3 is 2.38 bits per heavy atom. The van der Waals surface area contributed by atoms with Crippen molar-refractivity contribution in [1.82, 2.24) is 5.32 Å². The minimum Gasteiger partial charge on any atom is -0.366 e. The molecule has 3 N–H and O–H groups in total. The zero-order valence-corrected chi connectivity index (χ0v) is 15.1. The lowest BCUT2D eigenvalue weighted by atomic mass is 9.98. The van der Waals surface area contributed by atoms with E-state index in [4.69, 9.17) is 5.73 Å². The summed E-state index contributed by atoms with van der Waals surface area (Å²) in [6.07, 6.45) is 0. The smallest absolute Gasteiger partial charge is 0.248 e. The normalized spacial score (nSPS) is 22.3. The first-order chi connectivity index (χ1) is 12.3. The Bertz CT molecular complexity index is 881. The number of hydrogen-bond donors (Lipinski definition) is 2. The van der Waals surface area contributed by atoms with Crippen molar-refractivity contribution in [3.05, 3.63) is 71.0 Å². The minimum absolute atomic E-state index is 0.181. The molecule has 0 spiro atoms. The SMILES string of the molecule is C[C@H](N=C1NC(=O)[C@@](C)(c2ccc(C(N)=O)cc2)S1)c1ccc(F)cc1. The van der Waals surface area contributed by atoms with Gasteiger partial charge < -0.3 is 11.1 Å². The first-order valence-corrected chi connectivity index (χ1v) is 8.85. The fourth-order valence-corrected chi connectivity index (χ4v) is 3.81. The topological polar surface area (TPSA) is 84.6 Å². The highest BCUT2D eigenvalue weighted by Crippen LogP contribution is 2.41. The second kappa shape index (κ2) is 6.92. The quantitative estimate of drug-likeness (QED) is 0.866. The molecule has 0 saturated carbocycles. The van der Waals surface area contributed by atoms with Gasteiger partial charge in [0.1, 0.15) is 10.6 Å². The highest BCUT2D eigenvalue weighted by atomic mass is 32.2. The molecule has 2 atom stereocenters. The molecule has 1 aliphatic rings. The van der Waals surface area contributed by atoms with E-state index in [2.05, 4.69) is 10.3 Å². The fraction of sp³-hybridized carbons (Fsp3) is 0.211. The molecular formula is C19H18FN3O2S. The number of aliphatic imine (C=N–C) groups is 1. The van der Waals surface area contributed by atoms with Crippen molar-refractivity contribution in [2.75, 3.05) is 0 Å². The Morgan fingerprint density at radius 1 is 1.19 bits per heavy atom. The Balaban J connectivity index is 1.82. The van der Waals surface area contributed by atoms with Crippen LogP contribution >= 0.6 is 11.8 Å². The standard InChI is InChI=1S/C19H18FN3O2S/c1-11(12-5-9-15(20)10-6-12)22-18-23-17(25)19(2,26-18)14-7-3-13(4-8-14)16(21)24/h3-11H,1-2H3,(H2,21,24)(H,22,23,25)/t11-,19+/m0/s1. The summed E-state index contributed by atoms with van der Waals surface area (Å²) in [5.74, 6) is -0.996. The van der Waals surface area contributed by atoms with Gasteiger partial charge in [0.15, 0.2) is 5.17 Å². The molecule has 5 nitrogen and oxygen atoms in total. The van der Waals surface area contributed by atoms with Gasteiger partial charge in [-0.1, -0.05) is 36.0 Å². The monoisotopic (exact) mass is 371 g/mol. The van der Waals surface area contributed by atoms with E-state index in [1.807, 2.05) is 6.92 Å². The van der Waals surface area contributed by atoms with Gasteiger partial charge in [-0.15, -0.1) is 0 Å². The van der Waals surface area contributed by atoms with E-state index in [-0.39, 0.29) is 17.8 Å². The third-order valence-corrected chi connectivity index (χ3v) is 5.57. The lowest BCUT2D eigenvalue weighted by molar-refractivity contribution is -0.121. The zero-order valence-electron chi connectivity index (χ0n) is 14.3. The predicted octanol–water partition coefficient (Wildman–Crippen LogP) is 3.12. The van der Waals surface area contributed by atoms with Crippen molar-refractivity contribution in [1.29, 1.82) is 0 Å². The molecule has 3 rings (SSSR count). The number of hydrogen-bond acceptors (Lipinski definition) is 4. The molecule has 2 aromatic rings. The third kappa shape index (κ3) is 3.48. The van der Waals surface area contributed by atoms with Gasteiger partial charge in [0, 0.05) is 5.56 Å². The van der Waals surface area contributed by atoms with Crippen LogP contribution in [0.1, 0.15) is 41.4 Å². The Labute approximate surface area is 154 Å². The van der Waals surface area contributed by atoms with Gasteiger partial charge in [0.25, 0.3) is 0 Å². The lowest BCUT2D eigenvalue weighted by Crippen LogP contribution is -2.31. The van der Waals surface area contributed by atoms with Crippen molar-refractivity contribution in [2.24, 2.45) is 10.7 Å². The molecule has 0 bridgehead atoms. The number of amidine groups is 1. The van der Waals surface area contributed by atoms with Gasteiger partial charge in [-0.05, 0) is 49.2 Å². The lowest BCUT2D eigenvalue weighted by Gasteiger charge is -2.19. The molecule has 0 aliphatic carbocycles. The predicted molar refractivity (Wildman–Crippen MR) is 100 cm³/mol. The Morgan fingerprint density at radius 2 is 1.81 bits per heavy atom. The number of carbonyl (C=O) groups excluding carboxylic acids is 2. The van der Waals surface area contributed by atoms with E-state index in [0.29, 0.717) is 10.7 Å². The molecule has 1 heterocycles. The summed E-state index contributed by atoms with van der Waals surface area (Å²) in [4.78, 5) is 28.3. The maximum Gasteiger partial charge on any atom is 0.248 e. The summed E-state index contributed by atoms with van der Waals surface area (Å²) in [6, 6.07) is 12.5. The summed E-state index contributed by atoms with van der Waals surface area (Å²) in [5.41, 5.74) is 7.25. The van der Waals surface area contributed by atoms with Crippen LogP contribution in [0.4, 0.5) is 4.39 Å². The summed E-state index contributed by atoms with van der Waals surface area (Å²) >= 11 is 1.31. The number of nitrogens with zero attached hydrogens (tertiary/aromatic N) is 1. The molecule has 7 heteroatoms. The number of thioether (sulfide) groups is 1. The largest absolute Gasteiger partial charge is 0.366 e. The van der Waals surface area contributed by atoms with Gasteiger partial charge in [0.05, 0.1) is 6.04 Å². The maximum absolute atomic E-state index is 13.0. The summed E-state index contributed by atoms with van der Waals surface area (Å²) in [5, 5.41) is 3.31. The Hall–Kier alpha value is -2.67. The van der Waals surface area contributed by atoms with Crippen molar-refractivity contribution < 1.29 is 14.0 Å². The molecule has 1 saturated heterocycles. The van der Waals surface area contributed by atoms with Crippen molar-refractivity contribution in [3.63, 3.8) is 0 Å². The number of nitrogens with two attached hydrogens (primary N) is 1. The molecular weight excluding hydrogens is 353 g/mol. The number of nitrogens with one attached hydrogen (secondary N) is 1.